The Morgan fingerprint density at radius 3 is 2.87 bits per heavy atom. The normalized spacial score (nSPS) is 22.9. The number of carbonyl (C=O) groups excluding carboxylic acids is 1. The minimum absolute atomic E-state index is 0.200. The Kier molecular flexibility index (Phi) is 1.92. The maximum atomic E-state index is 10.7. The molecule has 0 radical (unpaired) electrons. The predicted molar refractivity (Wildman–Crippen MR) is 54.0 cm³/mol. The maximum absolute atomic E-state index is 10.7. The summed E-state index contributed by atoms with van der Waals surface area (Å²) in [6.07, 6.45) is 5.07. The molecule has 1 saturated heterocycles. The van der Waals surface area contributed by atoms with Crippen LogP contribution in [-0.4, -0.2) is 29.5 Å². The molecule has 1 spiro atoms. The van der Waals surface area contributed by atoms with Crippen LogP contribution in [0.2, 0.25) is 0 Å². The summed E-state index contributed by atoms with van der Waals surface area (Å²) in [5, 5.41) is 0. The number of imidazole rings is 1. The summed E-state index contributed by atoms with van der Waals surface area (Å²) in [5.41, 5.74) is 2.50. The van der Waals surface area contributed by atoms with E-state index in [4.69, 9.17) is 4.74 Å². The van der Waals surface area contributed by atoms with Gasteiger partial charge in [-0.2, -0.15) is 0 Å². The predicted octanol–water partition coefficient (Wildman–Crippen LogP) is 1.22. The zero-order valence-electron chi connectivity index (χ0n) is 8.58. The number of rotatable bonds is 1. The van der Waals surface area contributed by atoms with Crippen molar-refractivity contribution < 1.29 is 9.53 Å². The number of aldehydes is 1. The largest absolute Gasteiger partial charge is 0.381 e. The van der Waals surface area contributed by atoms with E-state index in [1.165, 1.54) is 5.69 Å². The van der Waals surface area contributed by atoms with Gasteiger partial charge in [0, 0.05) is 24.3 Å². The van der Waals surface area contributed by atoms with E-state index in [2.05, 4.69) is 9.97 Å². The molecule has 2 heterocycles. The first-order valence-corrected chi connectivity index (χ1v) is 5.46. The van der Waals surface area contributed by atoms with E-state index in [-0.39, 0.29) is 5.41 Å². The van der Waals surface area contributed by atoms with E-state index in [0.717, 1.165) is 50.9 Å². The molecule has 3 rings (SSSR count). The first-order valence-electron chi connectivity index (χ1n) is 5.46. The van der Waals surface area contributed by atoms with Gasteiger partial charge >= 0.3 is 0 Å². The van der Waals surface area contributed by atoms with Gasteiger partial charge in [0.25, 0.3) is 0 Å². The van der Waals surface area contributed by atoms with Crippen LogP contribution in [0.3, 0.4) is 0 Å². The van der Waals surface area contributed by atoms with Gasteiger partial charge in [0.05, 0.1) is 5.69 Å². The second kappa shape index (κ2) is 3.17. The Morgan fingerprint density at radius 2 is 2.13 bits per heavy atom. The number of hydrogen-bond donors (Lipinski definition) is 1. The number of hydrogen-bond acceptors (Lipinski definition) is 3. The number of aromatic nitrogens is 2. The second-order valence-electron chi connectivity index (χ2n) is 4.46. The van der Waals surface area contributed by atoms with Crippen LogP contribution in [0.25, 0.3) is 0 Å². The minimum atomic E-state index is 0.200. The Labute approximate surface area is 88.0 Å². The fraction of sp³-hybridized carbons (Fsp3) is 0.636. The van der Waals surface area contributed by atoms with Crippen LogP contribution in [0.15, 0.2) is 0 Å². The SMILES string of the molecule is O=Cc1nc2c([nH]1)CCC21CCOCC1. The summed E-state index contributed by atoms with van der Waals surface area (Å²) in [6.45, 7) is 1.64. The molecule has 4 nitrogen and oxygen atoms in total. The van der Waals surface area contributed by atoms with Gasteiger partial charge in [-0.3, -0.25) is 4.79 Å². The molecule has 0 saturated carbocycles. The summed E-state index contributed by atoms with van der Waals surface area (Å²) in [7, 11) is 0. The summed E-state index contributed by atoms with van der Waals surface area (Å²) < 4.78 is 5.40. The fourth-order valence-corrected chi connectivity index (χ4v) is 2.84. The van der Waals surface area contributed by atoms with Crippen LogP contribution in [0.5, 0.6) is 0 Å². The molecule has 1 aromatic rings. The Bertz CT molecular complexity index is 391. The zero-order valence-corrected chi connectivity index (χ0v) is 8.58. The lowest BCUT2D eigenvalue weighted by Crippen LogP contribution is -2.32. The van der Waals surface area contributed by atoms with Gasteiger partial charge in [0.1, 0.15) is 0 Å². The smallest absolute Gasteiger partial charge is 0.185 e. The topological polar surface area (TPSA) is 55.0 Å². The van der Waals surface area contributed by atoms with Crippen molar-refractivity contribution in [2.75, 3.05) is 13.2 Å². The lowest BCUT2D eigenvalue weighted by molar-refractivity contribution is 0.0493. The number of fused-ring (bicyclic) bond motifs is 2. The van der Waals surface area contributed by atoms with Gasteiger partial charge in [0.2, 0.25) is 0 Å². The third-order valence-electron chi connectivity index (χ3n) is 3.71. The van der Waals surface area contributed by atoms with Crippen molar-refractivity contribution in [3.8, 4) is 0 Å². The fourth-order valence-electron chi connectivity index (χ4n) is 2.84. The molecule has 1 aliphatic carbocycles. The molecule has 80 valence electrons. The first kappa shape index (κ1) is 9.09. The van der Waals surface area contributed by atoms with Crippen molar-refractivity contribution >= 4 is 6.29 Å². The number of ether oxygens (including phenoxy) is 1. The van der Waals surface area contributed by atoms with Gasteiger partial charge in [-0.05, 0) is 25.7 Å². The summed E-state index contributed by atoms with van der Waals surface area (Å²) in [6, 6.07) is 0. The Hall–Kier alpha value is -1.16. The summed E-state index contributed by atoms with van der Waals surface area (Å²) in [4.78, 5) is 18.2. The first-order chi connectivity index (χ1) is 7.34. The average molecular weight is 206 g/mol. The van der Waals surface area contributed by atoms with Crippen molar-refractivity contribution in [3.63, 3.8) is 0 Å². The third kappa shape index (κ3) is 1.24. The van der Waals surface area contributed by atoms with Crippen molar-refractivity contribution in [3.05, 3.63) is 17.2 Å². The molecule has 1 aromatic heterocycles. The molecule has 0 unspecified atom stereocenters. The van der Waals surface area contributed by atoms with Gasteiger partial charge in [-0.1, -0.05) is 0 Å². The molecule has 4 heteroatoms. The van der Waals surface area contributed by atoms with E-state index in [9.17, 15) is 4.79 Å². The standard InChI is InChI=1S/C11H14N2O2/c14-7-9-12-8-1-2-11(10(8)13-9)3-5-15-6-4-11/h7H,1-6H2,(H,12,13). The molecule has 15 heavy (non-hydrogen) atoms. The van der Waals surface area contributed by atoms with Crippen molar-refractivity contribution in [2.24, 2.45) is 0 Å². The molecule has 1 fully saturated rings. The van der Waals surface area contributed by atoms with E-state index in [1.54, 1.807) is 0 Å². The molecule has 0 aromatic carbocycles. The number of aryl methyl sites for hydroxylation is 1. The highest BCUT2D eigenvalue weighted by Gasteiger charge is 2.42. The minimum Gasteiger partial charge on any atom is -0.381 e. The third-order valence-corrected chi connectivity index (χ3v) is 3.71. The molecule has 1 aliphatic heterocycles. The molecule has 2 aliphatic rings. The molecular weight excluding hydrogens is 192 g/mol. The number of aromatic amines is 1. The van der Waals surface area contributed by atoms with Crippen molar-refractivity contribution in [1.82, 2.24) is 9.97 Å². The van der Waals surface area contributed by atoms with Crippen LogP contribution in [0, 0.1) is 0 Å². The monoisotopic (exact) mass is 206 g/mol. The van der Waals surface area contributed by atoms with E-state index in [1.807, 2.05) is 0 Å². The molecule has 0 atom stereocenters. The molecule has 0 bridgehead atoms. The van der Waals surface area contributed by atoms with E-state index in [0.29, 0.717) is 5.82 Å². The average Bonchev–Trinajstić information content (AvgIpc) is 2.82. The number of H-pyrrole nitrogens is 1. The number of carbonyl (C=O) groups is 1. The molecule has 0 amide bonds. The lowest BCUT2D eigenvalue weighted by atomic mass is 9.78. The highest BCUT2D eigenvalue weighted by molar-refractivity contribution is 5.69. The summed E-state index contributed by atoms with van der Waals surface area (Å²) >= 11 is 0. The highest BCUT2D eigenvalue weighted by Crippen LogP contribution is 2.44. The lowest BCUT2D eigenvalue weighted by Gasteiger charge is -2.32. The number of nitrogens with one attached hydrogen (secondary N) is 1. The quantitative estimate of drug-likeness (QED) is 0.703. The highest BCUT2D eigenvalue weighted by atomic mass is 16.5. The van der Waals surface area contributed by atoms with E-state index < -0.39 is 0 Å². The van der Waals surface area contributed by atoms with Crippen LogP contribution < -0.4 is 0 Å². The van der Waals surface area contributed by atoms with Gasteiger partial charge in [-0.15, -0.1) is 0 Å². The maximum Gasteiger partial charge on any atom is 0.185 e. The van der Waals surface area contributed by atoms with Crippen LogP contribution >= 0.6 is 0 Å². The summed E-state index contributed by atoms with van der Waals surface area (Å²) in [5.74, 6) is 0.477. The van der Waals surface area contributed by atoms with Gasteiger partial charge < -0.3 is 9.72 Å². The van der Waals surface area contributed by atoms with Crippen LogP contribution in [0.4, 0.5) is 0 Å². The van der Waals surface area contributed by atoms with Crippen molar-refractivity contribution in [1.29, 1.82) is 0 Å². The number of nitrogens with zero attached hydrogens (tertiary/aromatic N) is 1. The van der Waals surface area contributed by atoms with Crippen molar-refractivity contribution in [2.45, 2.75) is 31.1 Å². The van der Waals surface area contributed by atoms with E-state index >= 15 is 0 Å². The van der Waals surface area contributed by atoms with Gasteiger partial charge in [-0.25, -0.2) is 4.98 Å². The van der Waals surface area contributed by atoms with Gasteiger partial charge in [0.15, 0.2) is 12.1 Å². The van der Waals surface area contributed by atoms with Crippen LogP contribution in [-0.2, 0) is 16.6 Å². The van der Waals surface area contributed by atoms with Crippen LogP contribution in [0.1, 0.15) is 41.3 Å². The Morgan fingerprint density at radius 1 is 1.33 bits per heavy atom. The Balaban J connectivity index is 2.01. The zero-order chi connectivity index (χ0) is 10.3. The molecular formula is C11H14N2O2. The second-order valence-corrected chi connectivity index (χ2v) is 4.46. The molecule has 1 N–H and O–H groups in total.